The van der Waals surface area contributed by atoms with E-state index in [1.54, 1.807) is 0 Å². The summed E-state index contributed by atoms with van der Waals surface area (Å²) in [4.78, 5) is 17.0. The zero-order valence-electron chi connectivity index (χ0n) is 12.2. The average molecular weight is 252 g/mol. The first-order valence-electron chi connectivity index (χ1n) is 7.40. The summed E-state index contributed by atoms with van der Waals surface area (Å²) in [6.45, 7) is 10.2. The second-order valence-electron chi connectivity index (χ2n) is 6.99. The van der Waals surface area contributed by atoms with Crippen LogP contribution in [0.1, 0.15) is 39.5 Å². The molecular formula is C15H28N2O. The second-order valence-corrected chi connectivity index (χ2v) is 6.99. The van der Waals surface area contributed by atoms with Crippen LogP contribution in [0.2, 0.25) is 0 Å². The van der Waals surface area contributed by atoms with Crippen LogP contribution in [0, 0.1) is 11.3 Å². The van der Waals surface area contributed by atoms with Crippen molar-refractivity contribution in [3.8, 4) is 0 Å². The van der Waals surface area contributed by atoms with Crippen LogP contribution in [-0.2, 0) is 4.79 Å². The molecule has 0 aromatic rings. The zero-order chi connectivity index (χ0) is 13.2. The molecule has 3 heteroatoms. The molecule has 1 atom stereocenters. The Balaban J connectivity index is 1.89. The third-order valence-electron chi connectivity index (χ3n) is 4.59. The zero-order valence-corrected chi connectivity index (χ0v) is 12.2. The SMILES string of the molecule is CN1CCCN(CC2CC(C)(C)CCC2=O)CC1. The van der Waals surface area contributed by atoms with Gasteiger partial charge in [-0.2, -0.15) is 0 Å². The van der Waals surface area contributed by atoms with Crippen LogP contribution in [0.15, 0.2) is 0 Å². The highest BCUT2D eigenvalue weighted by atomic mass is 16.1. The summed E-state index contributed by atoms with van der Waals surface area (Å²) >= 11 is 0. The van der Waals surface area contributed by atoms with Gasteiger partial charge in [0.25, 0.3) is 0 Å². The van der Waals surface area contributed by atoms with Crippen molar-refractivity contribution in [2.45, 2.75) is 39.5 Å². The van der Waals surface area contributed by atoms with E-state index >= 15 is 0 Å². The minimum absolute atomic E-state index is 0.289. The lowest BCUT2D eigenvalue weighted by atomic mass is 9.71. The van der Waals surface area contributed by atoms with Crippen molar-refractivity contribution in [2.24, 2.45) is 11.3 Å². The topological polar surface area (TPSA) is 23.6 Å². The summed E-state index contributed by atoms with van der Waals surface area (Å²) in [6, 6.07) is 0. The number of Topliss-reactive ketones (excluding diaryl/α,β-unsaturated/α-hetero) is 1. The van der Waals surface area contributed by atoms with Gasteiger partial charge in [0.1, 0.15) is 5.78 Å². The minimum Gasteiger partial charge on any atom is -0.305 e. The van der Waals surface area contributed by atoms with Gasteiger partial charge >= 0.3 is 0 Å². The van der Waals surface area contributed by atoms with Crippen molar-refractivity contribution in [1.29, 1.82) is 0 Å². The number of hydrogen-bond acceptors (Lipinski definition) is 3. The highest BCUT2D eigenvalue weighted by Gasteiger charge is 2.34. The van der Waals surface area contributed by atoms with Gasteiger partial charge in [0.15, 0.2) is 0 Å². The lowest BCUT2D eigenvalue weighted by molar-refractivity contribution is -0.127. The van der Waals surface area contributed by atoms with Crippen LogP contribution in [0.3, 0.4) is 0 Å². The van der Waals surface area contributed by atoms with Crippen LogP contribution in [-0.4, -0.2) is 55.4 Å². The Hall–Kier alpha value is -0.410. The maximum atomic E-state index is 12.1. The largest absolute Gasteiger partial charge is 0.305 e. The molecule has 1 aliphatic heterocycles. The maximum Gasteiger partial charge on any atom is 0.137 e. The number of likely N-dealkylation sites (N-methyl/N-ethyl adjacent to an activating group) is 1. The fraction of sp³-hybridized carbons (Fsp3) is 0.933. The molecule has 1 unspecified atom stereocenters. The van der Waals surface area contributed by atoms with Gasteiger partial charge in [0.2, 0.25) is 0 Å². The van der Waals surface area contributed by atoms with Gasteiger partial charge < -0.3 is 9.80 Å². The molecule has 2 rings (SSSR count). The number of ketones is 1. The van der Waals surface area contributed by atoms with Crippen LogP contribution in [0.5, 0.6) is 0 Å². The Kier molecular flexibility index (Phi) is 4.44. The molecule has 0 bridgehead atoms. The number of nitrogens with zero attached hydrogens (tertiary/aromatic N) is 2. The third kappa shape index (κ3) is 3.79. The van der Waals surface area contributed by atoms with E-state index in [0.29, 0.717) is 11.2 Å². The van der Waals surface area contributed by atoms with Gasteiger partial charge in [-0.3, -0.25) is 4.79 Å². The highest BCUT2D eigenvalue weighted by Crippen LogP contribution is 2.37. The molecule has 0 amide bonds. The smallest absolute Gasteiger partial charge is 0.137 e. The Morgan fingerprint density at radius 2 is 2.00 bits per heavy atom. The molecule has 1 saturated carbocycles. The molecule has 0 N–H and O–H groups in total. The van der Waals surface area contributed by atoms with E-state index in [9.17, 15) is 4.79 Å². The van der Waals surface area contributed by atoms with Crippen molar-refractivity contribution in [3.63, 3.8) is 0 Å². The van der Waals surface area contributed by atoms with Gasteiger partial charge in [-0.1, -0.05) is 13.8 Å². The second kappa shape index (κ2) is 5.70. The average Bonchev–Trinajstić information content (AvgIpc) is 2.49. The normalized spacial score (nSPS) is 31.3. The summed E-state index contributed by atoms with van der Waals surface area (Å²) in [6.07, 6.45) is 4.19. The van der Waals surface area contributed by atoms with Gasteiger partial charge in [-0.25, -0.2) is 0 Å². The van der Waals surface area contributed by atoms with E-state index in [0.717, 1.165) is 45.4 Å². The molecule has 0 radical (unpaired) electrons. The predicted octanol–water partition coefficient (Wildman–Crippen LogP) is 2.02. The Bertz CT molecular complexity index is 301. The van der Waals surface area contributed by atoms with E-state index in [2.05, 4.69) is 30.7 Å². The van der Waals surface area contributed by atoms with E-state index < -0.39 is 0 Å². The first-order chi connectivity index (χ1) is 8.46. The van der Waals surface area contributed by atoms with Gasteiger partial charge in [0.05, 0.1) is 0 Å². The molecule has 18 heavy (non-hydrogen) atoms. The fourth-order valence-electron chi connectivity index (χ4n) is 3.31. The van der Waals surface area contributed by atoms with Crippen molar-refractivity contribution in [3.05, 3.63) is 0 Å². The summed E-state index contributed by atoms with van der Waals surface area (Å²) < 4.78 is 0. The number of carbonyl (C=O) groups is 1. The van der Waals surface area contributed by atoms with Crippen molar-refractivity contribution in [2.75, 3.05) is 39.8 Å². The highest BCUT2D eigenvalue weighted by molar-refractivity contribution is 5.82. The predicted molar refractivity (Wildman–Crippen MR) is 74.7 cm³/mol. The van der Waals surface area contributed by atoms with Gasteiger partial charge in [-0.05, 0) is 44.8 Å². The molecule has 1 aliphatic carbocycles. The number of hydrogen-bond donors (Lipinski definition) is 0. The van der Waals surface area contributed by atoms with Gasteiger partial charge in [0, 0.05) is 32.0 Å². The Morgan fingerprint density at radius 3 is 2.78 bits per heavy atom. The van der Waals surface area contributed by atoms with E-state index in [1.165, 1.54) is 13.0 Å². The van der Waals surface area contributed by atoms with Crippen LogP contribution in [0.25, 0.3) is 0 Å². The Labute approximate surface area is 112 Å². The Morgan fingerprint density at radius 1 is 1.22 bits per heavy atom. The summed E-state index contributed by atoms with van der Waals surface area (Å²) in [5, 5.41) is 0. The van der Waals surface area contributed by atoms with E-state index in [-0.39, 0.29) is 5.92 Å². The van der Waals surface area contributed by atoms with E-state index in [4.69, 9.17) is 0 Å². The van der Waals surface area contributed by atoms with Crippen LogP contribution < -0.4 is 0 Å². The molecule has 2 fully saturated rings. The summed E-state index contributed by atoms with van der Waals surface area (Å²) in [7, 11) is 2.19. The molecule has 1 heterocycles. The van der Waals surface area contributed by atoms with Crippen LogP contribution in [0.4, 0.5) is 0 Å². The number of rotatable bonds is 2. The molecule has 3 nitrogen and oxygen atoms in total. The monoisotopic (exact) mass is 252 g/mol. The van der Waals surface area contributed by atoms with Crippen molar-refractivity contribution in [1.82, 2.24) is 9.80 Å². The number of carbonyl (C=O) groups excluding carboxylic acids is 1. The molecule has 0 aromatic heterocycles. The molecule has 104 valence electrons. The third-order valence-corrected chi connectivity index (χ3v) is 4.59. The molecular weight excluding hydrogens is 224 g/mol. The molecule has 0 spiro atoms. The first kappa shape index (κ1) is 14.0. The quantitative estimate of drug-likeness (QED) is 0.751. The first-order valence-corrected chi connectivity index (χ1v) is 7.40. The van der Waals surface area contributed by atoms with Gasteiger partial charge in [-0.15, -0.1) is 0 Å². The molecule has 0 aromatic carbocycles. The molecule has 2 aliphatic rings. The minimum atomic E-state index is 0.289. The fourth-order valence-corrected chi connectivity index (χ4v) is 3.31. The summed E-state index contributed by atoms with van der Waals surface area (Å²) in [5.74, 6) is 0.795. The summed E-state index contributed by atoms with van der Waals surface area (Å²) in [5.41, 5.74) is 0.362. The molecule has 1 saturated heterocycles. The maximum absolute atomic E-state index is 12.1. The van der Waals surface area contributed by atoms with Crippen molar-refractivity contribution < 1.29 is 4.79 Å². The van der Waals surface area contributed by atoms with E-state index in [1.807, 2.05) is 0 Å². The standard InChI is InChI=1S/C15H28N2O/c1-15(2)6-5-14(18)13(11-15)12-17-8-4-7-16(3)9-10-17/h13H,4-12H2,1-3H3. The lowest BCUT2D eigenvalue weighted by Gasteiger charge is -2.36. The van der Waals surface area contributed by atoms with Crippen molar-refractivity contribution >= 4 is 5.78 Å². The lowest BCUT2D eigenvalue weighted by Crippen LogP contribution is -2.40. The van der Waals surface area contributed by atoms with Crippen LogP contribution >= 0.6 is 0 Å².